The van der Waals surface area contributed by atoms with Gasteiger partial charge < -0.3 is 20.4 Å². The Morgan fingerprint density at radius 3 is 2.25 bits per heavy atom. The molecule has 0 aliphatic rings. The average Bonchev–Trinajstić information content (AvgIpc) is 2.11. The molecular formula is C5H11N3O4. The van der Waals surface area contributed by atoms with E-state index in [2.05, 4.69) is 10.0 Å². The molecule has 0 aromatic rings. The Morgan fingerprint density at radius 1 is 1.25 bits per heavy atom. The maximum absolute atomic E-state index is 8.97. The number of aliphatic hydroxyl groups excluding tert-OH is 4. The first-order valence-electron chi connectivity index (χ1n) is 3.29. The Hall–Kier alpha value is -0.850. The summed E-state index contributed by atoms with van der Waals surface area (Å²) >= 11 is 0. The largest absolute Gasteiger partial charge is 0.394 e. The van der Waals surface area contributed by atoms with Gasteiger partial charge in [0.2, 0.25) is 0 Å². The van der Waals surface area contributed by atoms with Gasteiger partial charge in [-0.2, -0.15) is 0 Å². The fraction of sp³-hybridized carbons (Fsp3) is 1.00. The van der Waals surface area contributed by atoms with Gasteiger partial charge in [-0.05, 0) is 5.53 Å². The van der Waals surface area contributed by atoms with Crippen molar-refractivity contribution in [2.45, 2.75) is 18.3 Å². The molecule has 7 heteroatoms. The van der Waals surface area contributed by atoms with Gasteiger partial charge in [-0.15, -0.1) is 0 Å². The summed E-state index contributed by atoms with van der Waals surface area (Å²) < 4.78 is 0. The number of azide groups is 1. The number of aliphatic hydroxyl groups is 4. The van der Waals surface area contributed by atoms with Gasteiger partial charge in [0.1, 0.15) is 12.2 Å². The fourth-order valence-corrected chi connectivity index (χ4v) is 0.593. The molecule has 0 unspecified atom stereocenters. The van der Waals surface area contributed by atoms with Gasteiger partial charge in [0.25, 0.3) is 0 Å². The van der Waals surface area contributed by atoms with Crippen molar-refractivity contribution in [2.75, 3.05) is 13.2 Å². The monoisotopic (exact) mass is 177 g/mol. The van der Waals surface area contributed by atoms with E-state index in [1.54, 1.807) is 0 Å². The number of hydrogen-bond donors (Lipinski definition) is 4. The second-order valence-corrected chi connectivity index (χ2v) is 2.22. The van der Waals surface area contributed by atoms with Gasteiger partial charge in [0, 0.05) is 4.91 Å². The highest BCUT2D eigenvalue weighted by molar-refractivity contribution is 4.76. The minimum absolute atomic E-state index is 0.339. The summed E-state index contributed by atoms with van der Waals surface area (Å²) in [5.74, 6) is 0. The van der Waals surface area contributed by atoms with E-state index in [0.717, 1.165) is 0 Å². The first-order valence-corrected chi connectivity index (χ1v) is 3.29. The minimum atomic E-state index is -1.50. The third-order valence-corrected chi connectivity index (χ3v) is 1.31. The topological polar surface area (TPSA) is 130 Å². The second kappa shape index (κ2) is 5.76. The maximum atomic E-state index is 8.97. The predicted molar refractivity (Wildman–Crippen MR) is 39.1 cm³/mol. The zero-order valence-electron chi connectivity index (χ0n) is 6.28. The van der Waals surface area contributed by atoms with Gasteiger partial charge in [-0.25, -0.2) is 0 Å². The van der Waals surface area contributed by atoms with Crippen LogP contribution in [0.1, 0.15) is 0 Å². The minimum Gasteiger partial charge on any atom is -0.394 e. The average molecular weight is 177 g/mol. The van der Waals surface area contributed by atoms with Crippen LogP contribution in [0.4, 0.5) is 0 Å². The molecular weight excluding hydrogens is 166 g/mol. The third-order valence-electron chi connectivity index (χ3n) is 1.31. The Balaban J connectivity index is 3.90. The van der Waals surface area contributed by atoms with Crippen LogP contribution >= 0.6 is 0 Å². The lowest BCUT2D eigenvalue weighted by Crippen LogP contribution is -2.40. The first kappa shape index (κ1) is 11.2. The van der Waals surface area contributed by atoms with E-state index in [0.29, 0.717) is 0 Å². The van der Waals surface area contributed by atoms with E-state index < -0.39 is 24.9 Å². The number of nitrogens with zero attached hydrogens (tertiary/aromatic N) is 3. The van der Waals surface area contributed by atoms with Crippen LogP contribution in [-0.2, 0) is 0 Å². The first-order chi connectivity index (χ1) is 5.63. The van der Waals surface area contributed by atoms with E-state index in [9.17, 15) is 0 Å². The van der Waals surface area contributed by atoms with Crippen LogP contribution in [-0.4, -0.2) is 51.9 Å². The second-order valence-electron chi connectivity index (χ2n) is 2.22. The van der Waals surface area contributed by atoms with E-state index in [-0.39, 0.29) is 6.54 Å². The molecule has 0 aliphatic heterocycles. The summed E-state index contributed by atoms with van der Waals surface area (Å²) in [5, 5.41) is 38.1. The molecule has 0 radical (unpaired) electrons. The molecule has 0 spiro atoms. The predicted octanol–water partition coefficient (Wildman–Crippen LogP) is -1.63. The van der Waals surface area contributed by atoms with Crippen molar-refractivity contribution in [3.8, 4) is 0 Å². The van der Waals surface area contributed by atoms with Crippen LogP contribution in [0.25, 0.3) is 10.4 Å². The lowest BCUT2D eigenvalue weighted by molar-refractivity contribution is -0.0726. The molecule has 0 saturated carbocycles. The lowest BCUT2D eigenvalue weighted by Gasteiger charge is -2.19. The third kappa shape index (κ3) is 3.51. The van der Waals surface area contributed by atoms with Crippen molar-refractivity contribution in [2.24, 2.45) is 5.11 Å². The molecule has 0 aliphatic carbocycles. The van der Waals surface area contributed by atoms with Crippen LogP contribution in [0, 0.1) is 0 Å². The summed E-state index contributed by atoms with van der Waals surface area (Å²) in [7, 11) is 0. The molecule has 0 aromatic carbocycles. The van der Waals surface area contributed by atoms with Gasteiger partial charge >= 0.3 is 0 Å². The molecule has 12 heavy (non-hydrogen) atoms. The Bertz CT molecular complexity index is 170. The standard InChI is InChI=1S/C5H11N3O4/c6-8-7-1-3(10)5(12)4(11)2-9/h3-5,9-12H,1-2H2/t3-,4-,5+/m1/s1. The van der Waals surface area contributed by atoms with Gasteiger partial charge in [0.05, 0.1) is 19.3 Å². The van der Waals surface area contributed by atoms with Crippen molar-refractivity contribution in [1.82, 2.24) is 0 Å². The maximum Gasteiger partial charge on any atom is 0.108 e. The van der Waals surface area contributed by atoms with Crippen LogP contribution in [0.15, 0.2) is 5.11 Å². The molecule has 7 nitrogen and oxygen atoms in total. The molecule has 0 bridgehead atoms. The summed E-state index contributed by atoms with van der Waals surface area (Å²) in [5.41, 5.74) is 7.85. The van der Waals surface area contributed by atoms with Crippen LogP contribution in [0.2, 0.25) is 0 Å². The van der Waals surface area contributed by atoms with Gasteiger partial charge in [-0.3, -0.25) is 0 Å². The smallest absolute Gasteiger partial charge is 0.108 e. The highest BCUT2D eigenvalue weighted by atomic mass is 16.4. The molecule has 4 N–H and O–H groups in total. The normalized spacial score (nSPS) is 17.7. The SMILES string of the molecule is [N-]=[N+]=NC[C@@H](O)[C@H](O)[C@H](O)CO. The summed E-state index contributed by atoms with van der Waals surface area (Å²) in [6.07, 6.45) is -4.28. The molecule has 0 amide bonds. The Kier molecular flexibility index (Phi) is 5.35. The van der Waals surface area contributed by atoms with Crippen molar-refractivity contribution in [3.05, 3.63) is 10.4 Å². The Morgan fingerprint density at radius 2 is 1.83 bits per heavy atom. The summed E-state index contributed by atoms with van der Waals surface area (Å²) in [4.78, 5) is 2.35. The van der Waals surface area contributed by atoms with Crippen LogP contribution in [0.5, 0.6) is 0 Å². The van der Waals surface area contributed by atoms with Crippen LogP contribution < -0.4 is 0 Å². The molecule has 3 atom stereocenters. The molecule has 0 heterocycles. The molecule has 70 valence electrons. The molecule has 0 aromatic heterocycles. The van der Waals surface area contributed by atoms with E-state index >= 15 is 0 Å². The van der Waals surface area contributed by atoms with Gasteiger partial charge in [0.15, 0.2) is 0 Å². The molecule has 0 saturated heterocycles. The van der Waals surface area contributed by atoms with Crippen LogP contribution in [0.3, 0.4) is 0 Å². The summed E-state index contributed by atoms with van der Waals surface area (Å²) in [6, 6.07) is 0. The van der Waals surface area contributed by atoms with Crippen molar-refractivity contribution in [1.29, 1.82) is 0 Å². The zero-order valence-corrected chi connectivity index (χ0v) is 6.28. The highest BCUT2D eigenvalue weighted by Gasteiger charge is 2.22. The number of rotatable bonds is 5. The fourth-order valence-electron chi connectivity index (χ4n) is 0.593. The zero-order chi connectivity index (χ0) is 9.56. The van der Waals surface area contributed by atoms with Gasteiger partial charge in [-0.1, -0.05) is 5.11 Å². The van der Waals surface area contributed by atoms with E-state index in [1.807, 2.05) is 0 Å². The van der Waals surface area contributed by atoms with E-state index in [1.165, 1.54) is 0 Å². The number of hydrogen-bond acceptors (Lipinski definition) is 5. The van der Waals surface area contributed by atoms with Crippen molar-refractivity contribution >= 4 is 0 Å². The lowest BCUT2D eigenvalue weighted by atomic mass is 10.1. The van der Waals surface area contributed by atoms with E-state index in [4.69, 9.17) is 26.0 Å². The molecule has 0 fully saturated rings. The quantitative estimate of drug-likeness (QED) is 0.228. The molecule has 0 rings (SSSR count). The summed E-state index contributed by atoms with van der Waals surface area (Å²) in [6.45, 7) is -0.997. The van der Waals surface area contributed by atoms with Crippen molar-refractivity contribution in [3.63, 3.8) is 0 Å². The highest BCUT2D eigenvalue weighted by Crippen LogP contribution is 2.00. The Labute approximate surface area is 68.5 Å². The van der Waals surface area contributed by atoms with Crippen molar-refractivity contribution < 1.29 is 20.4 Å².